The molecule has 2 heterocycles. The number of aldehydes is 1. The van der Waals surface area contributed by atoms with E-state index in [9.17, 15) is 22.8 Å². The molecular weight excluding hydrogens is 483 g/mol. The van der Waals surface area contributed by atoms with Crippen molar-refractivity contribution in [3.63, 3.8) is 0 Å². The van der Waals surface area contributed by atoms with Crippen molar-refractivity contribution in [2.45, 2.75) is 69.9 Å². The number of hydrogen-bond donors (Lipinski definition) is 0. The Kier molecular flexibility index (Phi) is 5.82. The highest BCUT2D eigenvalue weighted by atomic mass is 32.1. The molecule has 2 saturated carbocycles. The second-order valence-electron chi connectivity index (χ2n) is 11.1. The van der Waals surface area contributed by atoms with Gasteiger partial charge >= 0.3 is 6.18 Å². The summed E-state index contributed by atoms with van der Waals surface area (Å²) in [4.78, 5) is 30.2. The van der Waals surface area contributed by atoms with E-state index in [1.165, 1.54) is 18.9 Å². The van der Waals surface area contributed by atoms with Gasteiger partial charge in [-0.15, -0.1) is 0 Å². The summed E-state index contributed by atoms with van der Waals surface area (Å²) < 4.78 is 40.3. The minimum atomic E-state index is -4.39. The SMILES string of the molecule is O=CC1=CC=C(C(F)(F)F)CC12CC(C1CC(=O)c3c(-c4ccsc4)cc(C4CCCC4)nc3C1)C2. The van der Waals surface area contributed by atoms with Crippen molar-refractivity contribution in [3.8, 4) is 11.1 Å². The Morgan fingerprint density at radius 2 is 1.86 bits per heavy atom. The number of carbonyl (C=O) groups excluding carboxylic acids is 2. The zero-order valence-electron chi connectivity index (χ0n) is 19.9. The maximum absolute atomic E-state index is 13.5. The lowest BCUT2D eigenvalue weighted by Crippen LogP contribution is -2.46. The molecule has 188 valence electrons. The molecule has 0 aromatic carbocycles. The normalized spacial score (nSPS) is 28.5. The topological polar surface area (TPSA) is 47.0 Å². The molecule has 7 heteroatoms. The number of thiophene rings is 1. The number of rotatable bonds is 4. The number of fused-ring (bicyclic) bond motifs is 1. The number of Topliss-reactive ketones (excluding diaryl/α,β-unsaturated/α-hetero) is 1. The van der Waals surface area contributed by atoms with Gasteiger partial charge in [0.15, 0.2) is 5.78 Å². The van der Waals surface area contributed by atoms with Gasteiger partial charge in [-0.25, -0.2) is 0 Å². The van der Waals surface area contributed by atoms with Crippen LogP contribution in [-0.2, 0) is 11.2 Å². The van der Waals surface area contributed by atoms with Crippen LogP contribution in [0.2, 0.25) is 0 Å². The Morgan fingerprint density at radius 3 is 2.53 bits per heavy atom. The van der Waals surface area contributed by atoms with Crippen LogP contribution in [0.3, 0.4) is 0 Å². The quantitative estimate of drug-likeness (QED) is 0.397. The molecular formula is C29H28F3NO2S. The smallest absolute Gasteiger partial charge is 0.298 e. The summed E-state index contributed by atoms with van der Waals surface area (Å²) in [6, 6.07) is 4.18. The molecule has 0 N–H and O–H groups in total. The van der Waals surface area contributed by atoms with Gasteiger partial charge in [0.25, 0.3) is 0 Å². The van der Waals surface area contributed by atoms with Gasteiger partial charge in [0.2, 0.25) is 0 Å². The van der Waals surface area contributed by atoms with Crippen molar-refractivity contribution in [3.05, 3.63) is 63.1 Å². The number of hydrogen-bond acceptors (Lipinski definition) is 4. The molecule has 1 spiro atoms. The third-order valence-electron chi connectivity index (χ3n) is 8.97. The number of ketones is 1. The highest BCUT2D eigenvalue weighted by Gasteiger charge is 2.54. The van der Waals surface area contributed by atoms with E-state index >= 15 is 0 Å². The van der Waals surface area contributed by atoms with Crippen molar-refractivity contribution < 1.29 is 22.8 Å². The van der Waals surface area contributed by atoms with E-state index in [0.717, 1.165) is 47.0 Å². The lowest BCUT2D eigenvalue weighted by atomic mass is 9.51. The molecule has 0 bridgehead atoms. The van der Waals surface area contributed by atoms with Crippen LogP contribution in [0.1, 0.15) is 79.0 Å². The first-order valence-electron chi connectivity index (χ1n) is 12.8. The number of carbonyl (C=O) groups is 2. The second kappa shape index (κ2) is 8.79. The van der Waals surface area contributed by atoms with Gasteiger partial charge in [-0.05, 0) is 90.0 Å². The van der Waals surface area contributed by atoms with Crippen molar-refractivity contribution in [2.75, 3.05) is 0 Å². The molecule has 2 aromatic heterocycles. The molecule has 2 aromatic rings. The van der Waals surface area contributed by atoms with Gasteiger partial charge in [-0.2, -0.15) is 24.5 Å². The van der Waals surface area contributed by atoms with E-state index in [4.69, 9.17) is 4.98 Å². The van der Waals surface area contributed by atoms with E-state index < -0.39 is 17.2 Å². The van der Waals surface area contributed by atoms with E-state index in [2.05, 4.69) is 17.5 Å². The standard InChI is InChI=1S/C29H28F3NO2S/c30-29(31,32)21-5-6-22(15-34)28(14-21)12-20(13-28)19-9-25-27(26(35)10-19)23(18-7-8-36-16-18)11-24(33-25)17-3-1-2-4-17/h5-8,11,15-17,19-20H,1-4,9-10,12-14H2. The molecule has 4 aliphatic carbocycles. The summed E-state index contributed by atoms with van der Waals surface area (Å²) >= 11 is 1.61. The van der Waals surface area contributed by atoms with Gasteiger partial charge in [0, 0.05) is 34.6 Å². The van der Waals surface area contributed by atoms with Crippen LogP contribution in [0.4, 0.5) is 13.2 Å². The van der Waals surface area contributed by atoms with Crippen LogP contribution < -0.4 is 0 Å². The molecule has 3 nitrogen and oxygen atoms in total. The Bertz CT molecular complexity index is 1260. The fraction of sp³-hybridized carbons (Fsp3) is 0.483. The van der Waals surface area contributed by atoms with Crippen LogP contribution in [0.25, 0.3) is 11.1 Å². The van der Waals surface area contributed by atoms with E-state index in [-0.39, 0.29) is 24.0 Å². The number of halogens is 3. The lowest BCUT2D eigenvalue weighted by Gasteiger charge is -2.53. The minimum absolute atomic E-state index is 0.0467. The largest absolute Gasteiger partial charge is 0.412 e. The predicted molar refractivity (Wildman–Crippen MR) is 133 cm³/mol. The molecule has 4 aliphatic rings. The molecule has 36 heavy (non-hydrogen) atoms. The third-order valence-corrected chi connectivity index (χ3v) is 9.65. The van der Waals surface area contributed by atoms with Crippen LogP contribution in [0.15, 0.2) is 46.2 Å². The van der Waals surface area contributed by atoms with Crippen LogP contribution >= 0.6 is 11.3 Å². The Morgan fingerprint density at radius 1 is 1.08 bits per heavy atom. The first-order chi connectivity index (χ1) is 17.3. The number of aromatic nitrogens is 1. The second-order valence-corrected chi connectivity index (χ2v) is 11.8. The van der Waals surface area contributed by atoms with Crippen molar-refractivity contribution in [1.82, 2.24) is 4.98 Å². The molecule has 0 saturated heterocycles. The first-order valence-corrected chi connectivity index (χ1v) is 13.7. The van der Waals surface area contributed by atoms with Gasteiger partial charge in [0.05, 0.1) is 5.69 Å². The number of alkyl halides is 3. The van der Waals surface area contributed by atoms with E-state index in [1.54, 1.807) is 11.3 Å². The van der Waals surface area contributed by atoms with Crippen LogP contribution in [0.5, 0.6) is 0 Å². The molecule has 6 rings (SSSR count). The summed E-state index contributed by atoms with van der Waals surface area (Å²) in [6.07, 6.45) is 5.28. The first kappa shape index (κ1) is 23.8. The summed E-state index contributed by atoms with van der Waals surface area (Å²) in [5.41, 5.74) is 3.83. The van der Waals surface area contributed by atoms with Gasteiger partial charge in [-0.1, -0.05) is 25.0 Å². The minimum Gasteiger partial charge on any atom is -0.298 e. The zero-order chi connectivity index (χ0) is 25.1. The highest BCUT2D eigenvalue weighted by molar-refractivity contribution is 7.08. The van der Waals surface area contributed by atoms with Crippen molar-refractivity contribution in [1.29, 1.82) is 0 Å². The van der Waals surface area contributed by atoms with Crippen LogP contribution in [0, 0.1) is 17.3 Å². The van der Waals surface area contributed by atoms with E-state index in [0.29, 0.717) is 43.5 Å². The van der Waals surface area contributed by atoms with Crippen molar-refractivity contribution >= 4 is 23.4 Å². The predicted octanol–water partition coefficient (Wildman–Crippen LogP) is 7.63. The summed E-state index contributed by atoms with van der Waals surface area (Å²) in [5.74, 6) is 0.662. The number of pyridine rings is 1. The molecule has 0 radical (unpaired) electrons. The summed E-state index contributed by atoms with van der Waals surface area (Å²) in [6.45, 7) is 0. The summed E-state index contributed by atoms with van der Waals surface area (Å²) in [7, 11) is 0. The Labute approximate surface area is 212 Å². The Hall–Kier alpha value is -2.54. The molecule has 0 aliphatic heterocycles. The highest BCUT2D eigenvalue weighted by Crippen LogP contribution is 2.60. The summed E-state index contributed by atoms with van der Waals surface area (Å²) in [5, 5.41) is 4.10. The van der Waals surface area contributed by atoms with Gasteiger partial charge in [-0.3, -0.25) is 14.6 Å². The van der Waals surface area contributed by atoms with Crippen molar-refractivity contribution in [2.24, 2.45) is 17.3 Å². The van der Waals surface area contributed by atoms with Gasteiger partial charge < -0.3 is 0 Å². The molecule has 1 unspecified atom stereocenters. The van der Waals surface area contributed by atoms with Gasteiger partial charge in [0.1, 0.15) is 6.29 Å². The molecule has 0 amide bonds. The number of allylic oxidation sites excluding steroid dienone is 4. The maximum atomic E-state index is 13.5. The third kappa shape index (κ3) is 4.00. The average Bonchev–Trinajstić information content (AvgIpc) is 3.55. The molecule has 1 atom stereocenters. The fourth-order valence-corrected chi connectivity index (χ4v) is 7.71. The fourth-order valence-electron chi connectivity index (χ4n) is 7.06. The maximum Gasteiger partial charge on any atom is 0.412 e. The monoisotopic (exact) mass is 511 g/mol. The molecule has 2 fully saturated rings. The number of nitrogens with zero attached hydrogens (tertiary/aromatic N) is 1. The average molecular weight is 512 g/mol. The lowest BCUT2D eigenvalue weighted by molar-refractivity contribution is -0.111. The Balaban J connectivity index is 1.28. The van der Waals surface area contributed by atoms with Crippen LogP contribution in [-0.4, -0.2) is 23.2 Å². The zero-order valence-corrected chi connectivity index (χ0v) is 20.8. The van der Waals surface area contributed by atoms with E-state index in [1.807, 2.05) is 5.38 Å².